The number of rotatable bonds is 8. The molecule has 1 aliphatic heterocycles. The molecule has 7 nitrogen and oxygen atoms in total. The summed E-state index contributed by atoms with van der Waals surface area (Å²) in [6.45, 7) is 4.50. The van der Waals surface area contributed by atoms with Crippen molar-refractivity contribution < 1.29 is 19.1 Å². The predicted molar refractivity (Wildman–Crippen MR) is 100 cm³/mol. The standard InChI is InChI=1S/C19H27N3O4/c1-12(2)17-19(25)22-15-11-13(8-9-14(15)21-17)18(24)20-10-6-4-5-7-16(23)26-3/h8-9,11-12,17,21H,4-7,10H2,1-3H3,(H,20,24)(H,22,25)/t17-/m0/s1. The van der Waals surface area contributed by atoms with Gasteiger partial charge in [-0.3, -0.25) is 14.4 Å². The summed E-state index contributed by atoms with van der Waals surface area (Å²) >= 11 is 0. The maximum Gasteiger partial charge on any atom is 0.305 e. The number of esters is 1. The number of ether oxygens (including phenoxy) is 1. The molecule has 0 fully saturated rings. The molecule has 1 aliphatic rings. The summed E-state index contributed by atoms with van der Waals surface area (Å²) in [5, 5.41) is 8.93. The third kappa shape index (κ3) is 5.21. The van der Waals surface area contributed by atoms with Gasteiger partial charge in [0.05, 0.1) is 18.5 Å². The molecule has 26 heavy (non-hydrogen) atoms. The van der Waals surface area contributed by atoms with Crippen molar-refractivity contribution in [1.29, 1.82) is 0 Å². The Hall–Kier alpha value is -2.57. The molecule has 0 aliphatic carbocycles. The van der Waals surface area contributed by atoms with Crippen molar-refractivity contribution in [2.45, 2.75) is 45.6 Å². The van der Waals surface area contributed by atoms with Crippen LogP contribution in [0.1, 0.15) is 49.9 Å². The van der Waals surface area contributed by atoms with Crippen molar-refractivity contribution in [1.82, 2.24) is 5.32 Å². The quantitative estimate of drug-likeness (QED) is 0.488. The van der Waals surface area contributed by atoms with Gasteiger partial charge in [0.15, 0.2) is 0 Å². The molecule has 0 aromatic heterocycles. The predicted octanol–water partition coefficient (Wildman–Crippen LogP) is 2.54. The summed E-state index contributed by atoms with van der Waals surface area (Å²) in [4.78, 5) is 35.4. The molecule has 0 spiro atoms. The molecule has 2 rings (SSSR count). The Morgan fingerprint density at radius 1 is 1.19 bits per heavy atom. The van der Waals surface area contributed by atoms with Crippen molar-refractivity contribution in [3.8, 4) is 0 Å². The zero-order valence-electron chi connectivity index (χ0n) is 15.6. The number of fused-ring (bicyclic) bond motifs is 1. The van der Waals surface area contributed by atoms with E-state index in [9.17, 15) is 14.4 Å². The van der Waals surface area contributed by atoms with Gasteiger partial charge < -0.3 is 20.7 Å². The fourth-order valence-electron chi connectivity index (χ4n) is 2.80. The molecule has 0 radical (unpaired) electrons. The fourth-order valence-corrected chi connectivity index (χ4v) is 2.80. The van der Waals surface area contributed by atoms with Gasteiger partial charge in [-0.2, -0.15) is 0 Å². The maximum atomic E-state index is 12.3. The lowest BCUT2D eigenvalue weighted by molar-refractivity contribution is -0.140. The van der Waals surface area contributed by atoms with Crippen LogP contribution in [-0.2, 0) is 14.3 Å². The Labute approximate surface area is 153 Å². The van der Waals surface area contributed by atoms with Crippen LogP contribution in [0.15, 0.2) is 18.2 Å². The highest BCUT2D eigenvalue weighted by atomic mass is 16.5. The van der Waals surface area contributed by atoms with Crippen molar-refractivity contribution in [3.05, 3.63) is 23.8 Å². The zero-order valence-corrected chi connectivity index (χ0v) is 15.6. The monoisotopic (exact) mass is 361 g/mol. The van der Waals surface area contributed by atoms with Crippen LogP contribution < -0.4 is 16.0 Å². The van der Waals surface area contributed by atoms with Crippen LogP contribution in [0.25, 0.3) is 0 Å². The number of anilines is 2. The van der Waals surface area contributed by atoms with Crippen LogP contribution in [0.4, 0.5) is 11.4 Å². The molecule has 1 aromatic rings. The molecule has 142 valence electrons. The van der Waals surface area contributed by atoms with Gasteiger partial charge in [-0.05, 0) is 37.0 Å². The third-order valence-electron chi connectivity index (χ3n) is 4.37. The summed E-state index contributed by atoms with van der Waals surface area (Å²) in [6, 6.07) is 4.97. The number of hydrogen-bond acceptors (Lipinski definition) is 5. The molecular formula is C19H27N3O4. The Balaban J connectivity index is 1.83. The van der Waals surface area contributed by atoms with E-state index in [-0.39, 0.29) is 29.7 Å². The number of carbonyl (C=O) groups excluding carboxylic acids is 3. The van der Waals surface area contributed by atoms with Gasteiger partial charge in [-0.25, -0.2) is 0 Å². The minimum absolute atomic E-state index is 0.0873. The molecule has 2 amide bonds. The Kier molecular flexibility index (Phi) is 7.00. The number of amides is 2. The van der Waals surface area contributed by atoms with Gasteiger partial charge in [0.25, 0.3) is 5.91 Å². The lowest BCUT2D eigenvalue weighted by Crippen LogP contribution is -2.42. The van der Waals surface area contributed by atoms with Gasteiger partial charge in [0.1, 0.15) is 6.04 Å². The Morgan fingerprint density at radius 2 is 1.96 bits per heavy atom. The summed E-state index contributed by atoms with van der Waals surface area (Å²) < 4.78 is 4.58. The SMILES string of the molecule is COC(=O)CCCCCNC(=O)c1ccc2c(c1)NC(=O)[C@H](C(C)C)N2. The van der Waals surface area contributed by atoms with E-state index in [0.29, 0.717) is 24.2 Å². The average Bonchev–Trinajstić information content (AvgIpc) is 2.62. The smallest absolute Gasteiger partial charge is 0.305 e. The number of carbonyl (C=O) groups is 3. The number of unbranched alkanes of at least 4 members (excludes halogenated alkanes) is 2. The summed E-state index contributed by atoms with van der Waals surface area (Å²) in [5.41, 5.74) is 1.95. The normalized spacial score (nSPS) is 15.7. The van der Waals surface area contributed by atoms with Crippen molar-refractivity contribution in [3.63, 3.8) is 0 Å². The van der Waals surface area contributed by atoms with E-state index in [1.165, 1.54) is 7.11 Å². The van der Waals surface area contributed by atoms with E-state index >= 15 is 0 Å². The minimum Gasteiger partial charge on any atom is -0.469 e. The Morgan fingerprint density at radius 3 is 2.65 bits per heavy atom. The highest BCUT2D eigenvalue weighted by Gasteiger charge is 2.28. The number of methoxy groups -OCH3 is 1. The topological polar surface area (TPSA) is 96.5 Å². The molecule has 0 bridgehead atoms. The first-order valence-electron chi connectivity index (χ1n) is 8.99. The summed E-state index contributed by atoms with van der Waals surface area (Å²) in [5.74, 6) is -0.305. The molecule has 1 atom stereocenters. The van der Waals surface area contributed by atoms with Gasteiger partial charge in [0, 0.05) is 18.5 Å². The molecular weight excluding hydrogens is 334 g/mol. The van der Waals surface area contributed by atoms with E-state index in [1.807, 2.05) is 19.9 Å². The fraction of sp³-hybridized carbons (Fsp3) is 0.526. The summed E-state index contributed by atoms with van der Waals surface area (Å²) in [7, 11) is 1.38. The lowest BCUT2D eigenvalue weighted by atomic mass is 9.99. The lowest BCUT2D eigenvalue weighted by Gasteiger charge is -2.29. The van der Waals surface area contributed by atoms with Crippen LogP contribution in [0.2, 0.25) is 0 Å². The summed E-state index contributed by atoms with van der Waals surface area (Å²) in [6.07, 6.45) is 2.79. The third-order valence-corrected chi connectivity index (χ3v) is 4.37. The molecule has 0 unspecified atom stereocenters. The second-order valence-electron chi connectivity index (χ2n) is 6.76. The molecule has 3 N–H and O–H groups in total. The molecule has 7 heteroatoms. The van der Waals surface area contributed by atoms with E-state index in [4.69, 9.17) is 0 Å². The second-order valence-corrected chi connectivity index (χ2v) is 6.76. The van der Waals surface area contributed by atoms with Crippen molar-refractivity contribution in [2.75, 3.05) is 24.3 Å². The highest BCUT2D eigenvalue weighted by Crippen LogP contribution is 2.29. The van der Waals surface area contributed by atoms with Crippen LogP contribution in [0.3, 0.4) is 0 Å². The van der Waals surface area contributed by atoms with Gasteiger partial charge >= 0.3 is 5.97 Å². The largest absolute Gasteiger partial charge is 0.469 e. The minimum atomic E-state index is -0.271. The van der Waals surface area contributed by atoms with Gasteiger partial charge in [-0.1, -0.05) is 20.3 Å². The maximum absolute atomic E-state index is 12.3. The van der Waals surface area contributed by atoms with E-state index < -0.39 is 0 Å². The van der Waals surface area contributed by atoms with Crippen LogP contribution in [0, 0.1) is 5.92 Å². The zero-order chi connectivity index (χ0) is 19.1. The van der Waals surface area contributed by atoms with Crippen molar-refractivity contribution in [2.24, 2.45) is 5.92 Å². The second kappa shape index (κ2) is 9.22. The van der Waals surface area contributed by atoms with E-state index in [2.05, 4.69) is 20.7 Å². The molecule has 0 saturated heterocycles. The first kappa shape index (κ1) is 19.8. The average molecular weight is 361 g/mol. The van der Waals surface area contributed by atoms with Gasteiger partial charge in [0.2, 0.25) is 5.91 Å². The number of benzene rings is 1. The van der Waals surface area contributed by atoms with E-state index in [1.54, 1.807) is 12.1 Å². The number of nitrogens with one attached hydrogen (secondary N) is 3. The van der Waals surface area contributed by atoms with Crippen molar-refractivity contribution >= 4 is 29.2 Å². The first-order chi connectivity index (χ1) is 12.4. The van der Waals surface area contributed by atoms with Crippen LogP contribution in [0.5, 0.6) is 0 Å². The highest BCUT2D eigenvalue weighted by molar-refractivity contribution is 6.05. The Bertz CT molecular complexity index is 673. The van der Waals surface area contributed by atoms with Crippen LogP contribution >= 0.6 is 0 Å². The molecule has 0 saturated carbocycles. The van der Waals surface area contributed by atoms with Gasteiger partial charge in [-0.15, -0.1) is 0 Å². The van der Waals surface area contributed by atoms with Crippen LogP contribution in [-0.4, -0.2) is 37.5 Å². The van der Waals surface area contributed by atoms with E-state index in [0.717, 1.165) is 24.9 Å². The first-order valence-corrected chi connectivity index (χ1v) is 8.99. The molecule has 1 aromatic carbocycles. The number of hydrogen-bond donors (Lipinski definition) is 3. The molecule has 1 heterocycles.